The standard InChI is InChI=1S/C14H24ClN/c1-12(2,16)8-13-4-10-3-11(5-13)7-14(15,6-10)9-13/h10-11H,3-9,16H2,1-2H3. The lowest BCUT2D eigenvalue weighted by atomic mass is 9.47. The first-order valence-corrected chi connectivity index (χ1v) is 7.13. The molecule has 92 valence electrons. The monoisotopic (exact) mass is 241 g/mol. The zero-order chi connectivity index (χ0) is 11.6. The van der Waals surface area contributed by atoms with Crippen LogP contribution in [0.3, 0.4) is 0 Å². The summed E-state index contributed by atoms with van der Waals surface area (Å²) in [5.41, 5.74) is 6.72. The average Bonchev–Trinajstić information content (AvgIpc) is 1.91. The molecule has 2 N–H and O–H groups in total. The highest BCUT2D eigenvalue weighted by molar-refractivity contribution is 6.24. The summed E-state index contributed by atoms with van der Waals surface area (Å²) in [5, 5.41) is 0. The van der Waals surface area contributed by atoms with Gasteiger partial charge in [0.15, 0.2) is 0 Å². The summed E-state index contributed by atoms with van der Waals surface area (Å²) in [6.07, 6.45) is 9.20. The van der Waals surface area contributed by atoms with Gasteiger partial charge in [-0.05, 0) is 76.0 Å². The van der Waals surface area contributed by atoms with Gasteiger partial charge in [0.05, 0.1) is 0 Å². The molecule has 1 nitrogen and oxygen atoms in total. The van der Waals surface area contributed by atoms with Crippen molar-refractivity contribution < 1.29 is 0 Å². The van der Waals surface area contributed by atoms with Crippen LogP contribution in [0.5, 0.6) is 0 Å². The SMILES string of the molecule is CC(C)(N)CC12CC3CC(CC(Cl)(C3)C1)C2. The van der Waals surface area contributed by atoms with Crippen molar-refractivity contribution in [2.45, 2.75) is 69.2 Å². The van der Waals surface area contributed by atoms with Crippen LogP contribution in [0.1, 0.15) is 58.8 Å². The minimum Gasteiger partial charge on any atom is -0.326 e. The summed E-state index contributed by atoms with van der Waals surface area (Å²) in [6.45, 7) is 4.35. The molecular formula is C14H24ClN. The number of halogens is 1. The number of nitrogens with two attached hydrogens (primary N) is 1. The third-order valence-electron chi connectivity index (χ3n) is 4.94. The number of hydrogen-bond donors (Lipinski definition) is 1. The molecular weight excluding hydrogens is 218 g/mol. The Kier molecular flexibility index (Phi) is 2.25. The Hall–Kier alpha value is 0.250. The van der Waals surface area contributed by atoms with E-state index in [0.717, 1.165) is 11.8 Å². The molecule has 4 saturated carbocycles. The Labute approximate surface area is 104 Å². The Morgan fingerprint density at radius 2 is 1.75 bits per heavy atom. The fraction of sp³-hybridized carbons (Fsp3) is 1.00. The molecule has 16 heavy (non-hydrogen) atoms. The van der Waals surface area contributed by atoms with E-state index in [2.05, 4.69) is 13.8 Å². The third kappa shape index (κ3) is 1.90. The van der Waals surface area contributed by atoms with Gasteiger partial charge in [0.25, 0.3) is 0 Å². The highest BCUT2D eigenvalue weighted by atomic mass is 35.5. The molecule has 4 aliphatic carbocycles. The fourth-order valence-electron chi connectivity index (χ4n) is 5.51. The van der Waals surface area contributed by atoms with Gasteiger partial charge in [0.2, 0.25) is 0 Å². The van der Waals surface area contributed by atoms with E-state index in [0.29, 0.717) is 5.41 Å². The molecule has 0 aromatic carbocycles. The lowest BCUT2D eigenvalue weighted by Gasteiger charge is -2.61. The van der Waals surface area contributed by atoms with Gasteiger partial charge >= 0.3 is 0 Å². The first-order chi connectivity index (χ1) is 7.28. The smallest absolute Gasteiger partial charge is 0.0457 e. The quantitative estimate of drug-likeness (QED) is 0.734. The van der Waals surface area contributed by atoms with Crippen molar-refractivity contribution in [2.24, 2.45) is 23.0 Å². The van der Waals surface area contributed by atoms with Crippen LogP contribution < -0.4 is 5.73 Å². The topological polar surface area (TPSA) is 26.0 Å². The molecule has 2 heteroatoms. The lowest BCUT2D eigenvalue weighted by Crippen LogP contribution is -2.55. The molecule has 0 aliphatic heterocycles. The van der Waals surface area contributed by atoms with Gasteiger partial charge in [-0.25, -0.2) is 0 Å². The van der Waals surface area contributed by atoms with Gasteiger partial charge in [0, 0.05) is 10.4 Å². The summed E-state index contributed by atoms with van der Waals surface area (Å²) in [6, 6.07) is 0. The van der Waals surface area contributed by atoms with Crippen LogP contribution in [-0.4, -0.2) is 10.4 Å². The van der Waals surface area contributed by atoms with Crippen molar-refractivity contribution in [3.8, 4) is 0 Å². The Morgan fingerprint density at radius 3 is 2.19 bits per heavy atom. The van der Waals surface area contributed by atoms with Crippen molar-refractivity contribution in [2.75, 3.05) is 0 Å². The van der Waals surface area contributed by atoms with E-state index in [1.165, 1.54) is 44.9 Å². The van der Waals surface area contributed by atoms with Crippen molar-refractivity contribution >= 4 is 11.6 Å². The van der Waals surface area contributed by atoms with Crippen molar-refractivity contribution in [3.63, 3.8) is 0 Å². The molecule has 0 aromatic heterocycles. The summed E-state index contributed by atoms with van der Waals surface area (Å²) in [4.78, 5) is 0.148. The van der Waals surface area contributed by atoms with E-state index in [-0.39, 0.29) is 10.4 Å². The maximum Gasteiger partial charge on any atom is 0.0457 e. The second-order valence-corrected chi connectivity index (χ2v) is 8.58. The number of rotatable bonds is 2. The van der Waals surface area contributed by atoms with E-state index >= 15 is 0 Å². The molecule has 0 saturated heterocycles. The maximum absolute atomic E-state index is 6.81. The van der Waals surface area contributed by atoms with Crippen molar-refractivity contribution in [3.05, 3.63) is 0 Å². The average molecular weight is 242 g/mol. The molecule has 4 aliphatic rings. The van der Waals surface area contributed by atoms with E-state index in [9.17, 15) is 0 Å². The van der Waals surface area contributed by atoms with Gasteiger partial charge in [0.1, 0.15) is 0 Å². The lowest BCUT2D eigenvalue weighted by molar-refractivity contribution is -0.0538. The maximum atomic E-state index is 6.81. The highest BCUT2D eigenvalue weighted by Gasteiger charge is 2.57. The van der Waals surface area contributed by atoms with Gasteiger partial charge in [-0.2, -0.15) is 0 Å². The van der Waals surface area contributed by atoms with Crippen LogP contribution in [0, 0.1) is 17.3 Å². The molecule has 4 bridgehead atoms. The molecule has 0 aromatic rings. The predicted molar refractivity (Wildman–Crippen MR) is 68.6 cm³/mol. The summed E-state index contributed by atoms with van der Waals surface area (Å²) in [7, 11) is 0. The van der Waals surface area contributed by atoms with Gasteiger partial charge in [-0.1, -0.05) is 0 Å². The summed E-state index contributed by atoms with van der Waals surface area (Å²) < 4.78 is 0. The Bertz CT molecular complexity index is 286. The van der Waals surface area contributed by atoms with Gasteiger partial charge in [-0.15, -0.1) is 11.6 Å². The molecule has 2 atom stereocenters. The summed E-state index contributed by atoms with van der Waals surface area (Å²) in [5.74, 6) is 1.81. The zero-order valence-electron chi connectivity index (χ0n) is 10.6. The van der Waals surface area contributed by atoms with Crippen molar-refractivity contribution in [1.82, 2.24) is 0 Å². The second-order valence-electron chi connectivity index (χ2n) is 7.78. The minimum atomic E-state index is -0.0289. The number of hydrogen-bond acceptors (Lipinski definition) is 1. The van der Waals surface area contributed by atoms with E-state index in [1.807, 2.05) is 0 Å². The third-order valence-corrected chi connectivity index (χ3v) is 5.38. The normalized spacial score (nSPS) is 51.0. The Morgan fingerprint density at radius 1 is 1.19 bits per heavy atom. The molecule has 2 unspecified atom stereocenters. The van der Waals surface area contributed by atoms with Crippen molar-refractivity contribution in [1.29, 1.82) is 0 Å². The fourth-order valence-corrected chi connectivity index (χ4v) is 6.23. The molecule has 0 amide bonds. The minimum absolute atomic E-state index is 0.0289. The van der Waals surface area contributed by atoms with Gasteiger partial charge in [-0.3, -0.25) is 0 Å². The zero-order valence-corrected chi connectivity index (χ0v) is 11.3. The van der Waals surface area contributed by atoms with E-state index in [4.69, 9.17) is 17.3 Å². The van der Waals surface area contributed by atoms with E-state index < -0.39 is 0 Å². The highest BCUT2D eigenvalue weighted by Crippen LogP contribution is 2.65. The molecule has 4 rings (SSSR count). The number of alkyl halides is 1. The molecule has 4 fully saturated rings. The van der Waals surface area contributed by atoms with Crippen LogP contribution in [0.4, 0.5) is 0 Å². The predicted octanol–water partition coefficient (Wildman–Crippen LogP) is 3.69. The summed E-state index contributed by atoms with van der Waals surface area (Å²) >= 11 is 6.81. The van der Waals surface area contributed by atoms with Gasteiger partial charge < -0.3 is 5.73 Å². The van der Waals surface area contributed by atoms with Crippen LogP contribution >= 0.6 is 11.6 Å². The first-order valence-electron chi connectivity index (χ1n) is 6.76. The Balaban J connectivity index is 1.86. The van der Waals surface area contributed by atoms with Crippen LogP contribution in [0.15, 0.2) is 0 Å². The molecule has 0 spiro atoms. The molecule has 0 heterocycles. The largest absolute Gasteiger partial charge is 0.326 e. The van der Waals surface area contributed by atoms with Crippen LogP contribution in [0.2, 0.25) is 0 Å². The van der Waals surface area contributed by atoms with E-state index in [1.54, 1.807) is 0 Å². The molecule has 0 radical (unpaired) electrons. The van der Waals surface area contributed by atoms with Crippen LogP contribution in [0.25, 0.3) is 0 Å². The van der Waals surface area contributed by atoms with Crippen LogP contribution in [-0.2, 0) is 0 Å². The second kappa shape index (κ2) is 3.17. The first kappa shape index (κ1) is 11.3.